The van der Waals surface area contributed by atoms with Gasteiger partial charge in [-0.25, -0.2) is 0 Å². The highest BCUT2D eigenvalue weighted by Crippen LogP contribution is 2.74. The first-order valence-electron chi connectivity index (χ1n) is 12.1. The normalized spacial score (nSPS) is 43.8. The van der Waals surface area contributed by atoms with Gasteiger partial charge in [-0.3, -0.25) is 9.59 Å². The Morgan fingerprint density at radius 3 is 2.48 bits per heavy atom. The van der Waals surface area contributed by atoms with Crippen molar-refractivity contribution in [1.82, 2.24) is 0 Å². The van der Waals surface area contributed by atoms with E-state index in [2.05, 4.69) is 27.4 Å². The summed E-state index contributed by atoms with van der Waals surface area (Å²) in [6.07, 6.45) is 8.11. The SMILES string of the molecule is C=C1C(=O)[C@]2(C)CC[C@@H]3[C@]1(CCC1[C@](C)(C(=O)OCc4ccccc4)CCC[C@]13C)C2. The van der Waals surface area contributed by atoms with Gasteiger partial charge >= 0.3 is 5.97 Å². The van der Waals surface area contributed by atoms with Crippen LogP contribution in [-0.4, -0.2) is 11.8 Å². The quantitative estimate of drug-likeness (QED) is 0.428. The van der Waals surface area contributed by atoms with Crippen molar-refractivity contribution in [2.45, 2.75) is 78.7 Å². The van der Waals surface area contributed by atoms with Gasteiger partial charge < -0.3 is 4.74 Å². The van der Waals surface area contributed by atoms with Crippen LogP contribution >= 0.6 is 0 Å². The molecule has 0 aromatic heterocycles. The molecule has 1 aromatic rings. The summed E-state index contributed by atoms with van der Waals surface area (Å²) in [5, 5.41) is 0. The minimum Gasteiger partial charge on any atom is -0.460 e. The van der Waals surface area contributed by atoms with E-state index in [1.807, 2.05) is 30.3 Å². The zero-order valence-electron chi connectivity index (χ0n) is 19.3. The van der Waals surface area contributed by atoms with Gasteiger partial charge in [0.15, 0.2) is 5.78 Å². The summed E-state index contributed by atoms with van der Waals surface area (Å²) in [5.74, 6) is 1.04. The molecule has 3 nitrogen and oxygen atoms in total. The van der Waals surface area contributed by atoms with E-state index in [9.17, 15) is 9.59 Å². The number of carbonyl (C=O) groups excluding carboxylic acids is 2. The number of ketones is 1. The van der Waals surface area contributed by atoms with Crippen molar-refractivity contribution < 1.29 is 14.3 Å². The molecule has 0 radical (unpaired) electrons. The Balaban J connectivity index is 1.43. The van der Waals surface area contributed by atoms with Gasteiger partial charge in [0.1, 0.15) is 6.61 Å². The Labute approximate surface area is 186 Å². The van der Waals surface area contributed by atoms with Gasteiger partial charge in [0, 0.05) is 10.8 Å². The lowest BCUT2D eigenvalue weighted by Gasteiger charge is -2.63. The summed E-state index contributed by atoms with van der Waals surface area (Å²) >= 11 is 0. The average Bonchev–Trinajstić information content (AvgIpc) is 2.89. The number of carbonyl (C=O) groups is 2. The largest absolute Gasteiger partial charge is 0.460 e. The number of allylic oxidation sites excluding steroid dienone is 1. The molecule has 3 heteroatoms. The number of ether oxygens (including phenoxy) is 1. The summed E-state index contributed by atoms with van der Waals surface area (Å²) in [4.78, 5) is 26.6. The Hall–Kier alpha value is -1.90. The standard InChI is InChI=1S/C28H36O3/c1-19-23(29)25(2)15-11-22-26(3)13-8-14-27(4,21(26)12-16-28(19,22)18-25)24(30)31-17-20-9-6-5-7-10-20/h5-7,9-10,21-22H,1,8,11-18H2,2-4H3/t21?,22-,25+,26+,27+,28+/m0/s1. The van der Waals surface area contributed by atoms with Gasteiger partial charge in [0.05, 0.1) is 5.41 Å². The van der Waals surface area contributed by atoms with Gasteiger partial charge in [-0.2, -0.15) is 0 Å². The highest BCUT2D eigenvalue weighted by molar-refractivity contribution is 6.03. The van der Waals surface area contributed by atoms with Gasteiger partial charge in [-0.1, -0.05) is 57.2 Å². The van der Waals surface area contributed by atoms with Crippen LogP contribution in [0, 0.1) is 33.5 Å². The van der Waals surface area contributed by atoms with Crippen molar-refractivity contribution in [3.05, 3.63) is 48.0 Å². The fraction of sp³-hybridized carbons (Fsp3) is 0.643. The van der Waals surface area contributed by atoms with Crippen LogP contribution in [0.15, 0.2) is 42.5 Å². The van der Waals surface area contributed by atoms with Gasteiger partial charge in [-0.15, -0.1) is 0 Å². The smallest absolute Gasteiger partial charge is 0.312 e. The lowest BCUT2D eigenvalue weighted by atomic mass is 9.40. The predicted molar refractivity (Wildman–Crippen MR) is 121 cm³/mol. The molecular formula is C28H36O3. The van der Waals surface area contributed by atoms with Crippen LogP contribution in [0.4, 0.5) is 0 Å². The van der Waals surface area contributed by atoms with Crippen molar-refractivity contribution >= 4 is 11.8 Å². The molecular weight excluding hydrogens is 384 g/mol. The monoisotopic (exact) mass is 420 g/mol. The maximum absolute atomic E-state index is 13.5. The third-order valence-corrected chi connectivity index (χ3v) is 10.1. The van der Waals surface area contributed by atoms with Crippen LogP contribution in [0.25, 0.3) is 0 Å². The molecule has 0 saturated heterocycles. The van der Waals surface area contributed by atoms with Crippen LogP contribution in [0.1, 0.15) is 77.7 Å². The number of Topliss-reactive ketones (excluding diaryl/α,β-unsaturated/α-hetero) is 1. The van der Waals surface area contributed by atoms with Crippen molar-refractivity contribution in [2.75, 3.05) is 0 Å². The van der Waals surface area contributed by atoms with Gasteiger partial charge in [0.25, 0.3) is 0 Å². The maximum Gasteiger partial charge on any atom is 0.312 e. The molecule has 2 bridgehead atoms. The molecule has 4 fully saturated rings. The van der Waals surface area contributed by atoms with Crippen LogP contribution in [0.3, 0.4) is 0 Å². The first kappa shape index (κ1) is 21.0. The molecule has 0 amide bonds. The molecule has 31 heavy (non-hydrogen) atoms. The third-order valence-electron chi connectivity index (χ3n) is 10.1. The highest BCUT2D eigenvalue weighted by Gasteiger charge is 2.69. The molecule has 4 saturated carbocycles. The molecule has 4 aliphatic rings. The Morgan fingerprint density at radius 1 is 1.03 bits per heavy atom. The molecule has 0 aliphatic heterocycles. The first-order valence-corrected chi connectivity index (χ1v) is 12.1. The molecule has 6 atom stereocenters. The van der Waals surface area contributed by atoms with E-state index in [-0.39, 0.29) is 22.2 Å². The number of esters is 1. The number of fused-ring (bicyclic) bond motifs is 3. The summed E-state index contributed by atoms with van der Waals surface area (Å²) in [7, 11) is 0. The van der Waals surface area contributed by atoms with Crippen LogP contribution in [0.5, 0.6) is 0 Å². The van der Waals surface area contributed by atoms with Crippen molar-refractivity contribution in [1.29, 1.82) is 0 Å². The average molecular weight is 421 g/mol. The lowest BCUT2D eigenvalue weighted by molar-refractivity contribution is -0.185. The van der Waals surface area contributed by atoms with Crippen molar-refractivity contribution in [3.63, 3.8) is 0 Å². The first-order chi connectivity index (χ1) is 14.7. The fourth-order valence-corrected chi connectivity index (χ4v) is 8.63. The predicted octanol–water partition coefficient (Wildman–Crippen LogP) is 6.27. The number of benzene rings is 1. The molecule has 0 N–H and O–H groups in total. The molecule has 0 heterocycles. The molecule has 1 aromatic carbocycles. The summed E-state index contributed by atoms with van der Waals surface area (Å²) in [6, 6.07) is 9.96. The molecule has 5 rings (SSSR count). The second-order valence-corrected chi connectivity index (χ2v) is 11.7. The van der Waals surface area contributed by atoms with Gasteiger partial charge in [0.2, 0.25) is 0 Å². The second kappa shape index (κ2) is 6.80. The number of hydrogen-bond donors (Lipinski definition) is 0. The van der Waals surface area contributed by atoms with E-state index in [4.69, 9.17) is 4.74 Å². The summed E-state index contributed by atoms with van der Waals surface area (Å²) in [6.45, 7) is 11.4. The van der Waals surface area contributed by atoms with E-state index in [0.29, 0.717) is 24.2 Å². The topological polar surface area (TPSA) is 43.4 Å². The Bertz CT molecular complexity index is 935. The minimum absolute atomic E-state index is 0.0369. The van der Waals surface area contributed by atoms with E-state index in [0.717, 1.165) is 62.5 Å². The van der Waals surface area contributed by atoms with Crippen molar-refractivity contribution in [2.24, 2.45) is 33.5 Å². The summed E-state index contributed by atoms with van der Waals surface area (Å²) < 4.78 is 5.90. The zero-order chi connectivity index (χ0) is 22.1. The maximum atomic E-state index is 13.5. The zero-order valence-corrected chi connectivity index (χ0v) is 19.3. The van der Waals surface area contributed by atoms with E-state index >= 15 is 0 Å². The Kier molecular flexibility index (Phi) is 4.60. The van der Waals surface area contributed by atoms with E-state index < -0.39 is 5.41 Å². The molecule has 1 unspecified atom stereocenters. The summed E-state index contributed by atoms with van der Waals surface area (Å²) in [5.41, 5.74) is 1.30. The minimum atomic E-state index is -0.450. The Morgan fingerprint density at radius 2 is 1.74 bits per heavy atom. The fourth-order valence-electron chi connectivity index (χ4n) is 8.63. The lowest BCUT2D eigenvalue weighted by Crippen LogP contribution is -2.59. The van der Waals surface area contributed by atoms with Crippen LogP contribution in [0.2, 0.25) is 0 Å². The number of hydrogen-bond acceptors (Lipinski definition) is 3. The molecule has 4 aliphatic carbocycles. The second-order valence-electron chi connectivity index (χ2n) is 11.7. The van der Waals surface area contributed by atoms with Crippen LogP contribution in [-0.2, 0) is 20.9 Å². The van der Waals surface area contributed by atoms with Crippen molar-refractivity contribution in [3.8, 4) is 0 Å². The number of rotatable bonds is 3. The molecule has 1 spiro atoms. The van der Waals surface area contributed by atoms with Gasteiger partial charge in [-0.05, 0) is 80.3 Å². The van der Waals surface area contributed by atoms with Crippen LogP contribution < -0.4 is 0 Å². The van der Waals surface area contributed by atoms with E-state index in [1.165, 1.54) is 0 Å². The highest BCUT2D eigenvalue weighted by atomic mass is 16.5. The molecule has 166 valence electrons. The van der Waals surface area contributed by atoms with E-state index in [1.54, 1.807) is 0 Å². The third kappa shape index (κ3) is 2.77.